The number of nitriles is 1. The van der Waals surface area contributed by atoms with Gasteiger partial charge in [0.05, 0.1) is 17.0 Å². The van der Waals surface area contributed by atoms with E-state index in [0.29, 0.717) is 13.0 Å². The molecule has 2 aromatic carbocycles. The van der Waals surface area contributed by atoms with Crippen LogP contribution in [0, 0.1) is 11.3 Å². The second-order valence-corrected chi connectivity index (χ2v) is 4.73. The molecule has 0 aliphatic carbocycles. The summed E-state index contributed by atoms with van der Waals surface area (Å²) in [5.74, 6) is 0.792. The van der Waals surface area contributed by atoms with E-state index < -0.39 is 0 Å². The lowest BCUT2D eigenvalue weighted by atomic mass is 10.1. The highest BCUT2D eigenvalue weighted by Crippen LogP contribution is 2.26. The molecule has 2 rings (SSSR count). The van der Waals surface area contributed by atoms with Crippen molar-refractivity contribution in [3.05, 3.63) is 64.1 Å². The molecule has 2 nitrogen and oxygen atoms in total. The van der Waals surface area contributed by atoms with E-state index in [-0.39, 0.29) is 0 Å². The molecular formula is C15H12BrNO. The van der Waals surface area contributed by atoms with Gasteiger partial charge in [0.1, 0.15) is 12.4 Å². The number of ether oxygens (including phenoxy) is 1. The summed E-state index contributed by atoms with van der Waals surface area (Å²) in [7, 11) is 0. The predicted octanol–water partition coefficient (Wildman–Crippen LogP) is 4.09. The molecule has 0 aromatic heterocycles. The van der Waals surface area contributed by atoms with Crippen LogP contribution in [0.4, 0.5) is 0 Å². The first kappa shape index (κ1) is 12.7. The van der Waals surface area contributed by atoms with Crippen molar-refractivity contribution in [2.45, 2.75) is 13.0 Å². The smallest absolute Gasteiger partial charge is 0.134 e. The minimum absolute atomic E-state index is 0.414. The van der Waals surface area contributed by atoms with E-state index in [1.165, 1.54) is 0 Å². The molecule has 0 N–H and O–H groups in total. The van der Waals surface area contributed by atoms with E-state index in [2.05, 4.69) is 22.0 Å². The summed E-state index contributed by atoms with van der Waals surface area (Å²) in [5.41, 5.74) is 2.11. The second-order valence-electron chi connectivity index (χ2n) is 3.87. The number of benzene rings is 2. The summed E-state index contributed by atoms with van der Waals surface area (Å²) >= 11 is 3.46. The first-order valence-electron chi connectivity index (χ1n) is 5.61. The van der Waals surface area contributed by atoms with Crippen molar-refractivity contribution in [2.75, 3.05) is 0 Å². The van der Waals surface area contributed by atoms with Gasteiger partial charge < -0.3 is 4.74 Å². The Hall–Kier alpha value is -1.79. The fourth-order valence-corrected chi connectivity index (χ4v) is 2.14. The van der Waals surface area contributed by atoms with Crippen LogP contribution in [0.2, 0.25) is 0 Å². The highest BCUT2D eigenvalue weighted by Gasteiger charge is 2.03. The quantitative estimate of drug-likeness (QED) is 0.852. The van der Waals surface area contributed by atoms with Gasteiger partial charge in [0.2, 0.25) is 0 Å². The van der Waals surface area contributed by atoms with E-state index in [0.717, 1.165) is 21.3 Å². The molecule has 0 heterocycles. The van der Waals surface area contributed by atoms with Crippen LogP contribution in [0.25, 0.3) is 0 Å². The van der Waals surface area contributed by atoms with Crippen molar-refractivity contribution in [3.8, 4) is 11.8 Å². The average Bonchev–Trinajstić information content (AvgIpc) is 2.39. The lowest BCUT2D eigenvalue weighted by molar-refractivity contribution is 0.304. The Labute approximate surface area is 115 Å². The maximum Gasteiger partial charge on any atom is 0.134 e. The van der Waals surface area contributed by atoms with Crippen LogP contribution in [-0.2, 0) is 13.0 Å². The van der Waals surface area contributed by atoms with Crippen molar-refractivity contribution in [1.29, 1.82) is 5.26 Å². The Kier molecular flexibility index (Phi) is 4.38. The normalized spacial score (nSPS) is 9.78. The van der Waals surface area contributed by atoms with Gasteiger partial charge in [-0.15, -0.1) is 0 Å². The third-order valence-corrected chi connectivity index (χ3v) is 3.14. The van der Waals surface area contributed by atoms with Gasteiger partial charge in [0, 0.05) is 0 Å². The fraction of sp³-hybridized carbons (Fsp3) is 0.133. The molecule has 0 aliphatic rings. The van der Waals surface area contributed by atoms with Crippen LogP contribution in [0.15, 0.2) is 53.0 Å². The fourth-order valence-electron chi connectivity index (χ4n) is 1.60. The minimum Gasteiger partial charge on any atom is -0.488 e. The first-order valence-corrected chi connectivity index (χ1v) is 6.41. The van der Waals surface area contributed by atoms with Crippen LogP contribution in [-0.4, -0.2) is 0 Å². The Balaban J connectivity index is 2.04. The molecule has 0 saturated heterocycles. The van der Waals surface area contributed by atoms with E-state index in [1.807, 2.05) is 48.5 Å². The van der Waals surface area contributed by atoms with Gasteiger partial charge in [-0.3, -0.25) is 0 Å². The van der Waals surface area contributed by atoms with Crippen LogP contribution in [0.1, 0.15) is 11.1 Å². The summed E-state index contributed by atoms with van der Waals surface area (Å²) in [6, 6.07) is 17.9. The molecule has 90 valence electrons. The Bertz CT molecular complexity index is 560. The summed E-state index contributed by atoms with van der Waals surface area (Å²) in [5, 5.41) is 8.64. The molecule has 2 aromatic rings. The Morgan fingerprint density at radius 2 is 1.83 bits per heavy atom. The van der Waals surface area contributed by atoms with Gasteiger partial charge in [0.15, 0.2) is 0 Å². The van der Waals surface area contributed by atoms with Gasteiger partial charge in [-0.05, 0) is 39.2 Å². The molecule has 0 radical (unpaired) electrons. The van der Waals surface area contributed by atoms with Crippen LogP contribution in [0.3, 0.4) is 0 Å². The van der Waals surface area contributed by atoms with Crippen LogP contribution in [0.5, 0.6) is 5.75 Å². The van der Waals surface area contributed by atoms with Gasteiger partial charge in [-0.1, -0.05) is 36.4 Å². The Morgan fingerprint density at radius 1 is 1.06 bits per heavy atom. The van der Waals surface area contributed by atoms with E-state index in [9.17, 15) is 0 Å². The third kappa shape index (κ3) is 3.35. The lowest BCUT2D eigenvalue weighted by Gasteiger charge is -2.09. The van der Waals surface area contributed by atoms with Crippen molar-refractivity contribution < 1.29 is 4.74 Å². The van der Waals surface area contributed by atoms with Crippen LogP contribution >= 0.6 is 15.9 Å². The standard InChI is InChI=1S/C15H12BrNO/c16-14-10-12(8-9-17)6-7-15(14)18-11-13-4-2-1-3-5-13/h1-7,10H,8,11H2. The topological polar surface area (TPSA) is 33.0 Å². The number of hydrogen-bond acceptors (Lipinski definition) is 2. The molecule has 0 aliphatic heterocycles. The van der Waals surface area contributed by atoms with Gasteiger partial charge in [-0.25, -0.2) is 0 Å². The van der Waals surface area contributed by atoms with Crippen LogP contribution < -0.4 is 4.74 Å². The largest absolute Gasteiger partial charge is 0.488 e. The zero-order chi connectivity index (χ0) is 12.8. The molecule has 0 saturated carbocycles. The number of hydrogen-bond donors (Lipinski definition) is 0. The number of nitrogens with zero attached hydrogens (tertiary/aromatic N) is 1. The predicted molar refractivity (Wildman–Crippen MR) is 74.2 cm³/mol. The van der Waals surface area contributed by atoms with E-state index in [4.69, 9.17) is 10.00 Å². The molecule has 0 bridgehead atoms. The molecule has 18 heavy (non-hydrogen) atoms. The number of halogens is 1. The second kappa shape index (κ2) is 6.23. The third-order valence-electron chi connectivity index (χ3n) is 2.52. The molecule has 0 fully saturated rings. The van der Waals surface area contributed by atoms with Gasteiger partial charge in [-0.2, -0.15) is 5.26 Å². The highest BCUT2D eigenvalue weighted by molar-refractivity contribution is 9.10. The minimum atomic E-state index is 0.414. The number of rotatable bonds is 4. The zero-order valence-electron chi connectivity index (χ0n) is 9.77. The first-order chi connectivity index (χ1) is 8.79. The van der Waals surface area contributed by atoms with Crippen molar-refractivity contribution in [2.24, 2.45) is 0 Å². The van der Waals surface area contributed by atoms with Crippen molar-refractivity contribution in [3.63, 3.8) is 0 Å². The molecular weight excluding hydrogens is 290 g/mol. The van der Waals surface area contributed by atoms with Gasteiger partial charge >= 0.3 is 0 Å². The highest BCUT2D eigenvalue weighted by atomic mass is 79.9. The molecule has 0 amide bonds. The molecule has 0 atom stereocenters. The Morgan fingerprint density at radius 3 is 2.50 bits per heavy atom. The average molecular weight is 302 g/mol. The maximum absolute atomic E-state index is 8.64. The van der Waals surface area contributed by atoms with E-state index in [1.54, 1.807) is 0 Å². The SMILES string of the molecule is N#CCc1ccc(OCc2ccccc2)c(Br)c1. The maximum atomic E-state index is 8.64. The zero-order valence-corrected chi connectivity index (χ0v) is 11.4. The molecule has 0 spiro atoms. The van der Waals surface area contributed by atoms with Crippen molar-refractivity contribution >= 4 is 15.9 Å². The summed E-state index contributed by atoms with van der Waals surface area (Å²) < 4.78 is 6.61. The lowest BCUT2D eigenvalue weighted by Crippen LogP contribution is -1.96. The summed E-state index contributed by atoms with van der Waals surface area (Å²) in [4.78, 5) is 0. The molecule has 0 unspecified atom stereocenters. The summed E-state index contributed by atoms with van der Waals surface area (Å²) in [6.07, 6.45) is 0.414. The van der Waals surface area contributed by atoms with E-state index >= 15 is 0 Å². The summed E-state index contributed by atoms with van der Waals surface area (Å²) in [6.45, 7) is 0.539. The van der Waals surface area contributed by atoms with Gasteiger partial charge in [0.25, 0.3) is 0 Å². The van der Waals surface area contributed by atoms with Crippen molar-refractivity contribution in [1.82, 2.24) is 0 Å². The monoisotopic (exact) mass is 301 g/mol. The molecule has 3 heteroatoms.